The van der Waals surface area contributed by atoms with Crippen LogP contribution in [-0.4, -0.2) is 63.9 Å². The first-order valence-corrected chi connectivity index (χ1v) is 11.5. The van der Waals surface area contributed by atoms with Crippen LogP contribution >= 0.6 is 0 Å². The van der Waals surface area contributed by atoms with Crippen molar-refractivity contribution in [2.45, 2.75) is 30.4 Å². The summed E-state index contributed by atoms with van der Waals surface area (Å²) >= 11 is 0. The molecule has 0 atom stereocenters. The molecular formula is C22H30N4O3S. The summed E-state index contributed by atoms with van der Waals surface area (Å²) in [5.74, 6) is 1.67. The minimum Gasteiger partial charge on any atom is -0.490 e. The maximum Gasteiger partial charge on any atom is 0.242 e. The second-order valence-corrected chi connectivity index (χ2v) is 9.53. The number of hydrogen-bond acceptors (Lipinski definition) is 4. The molecular weight excluding hydrogens is 400 g/mol. The van der Waals surface area contributed by atoms with Gasteiger partial charge in [-0.25, -0.2) is 12.7 Å². The van der Waals surface area contributed by atoms with Gasteiger partial charge in [-0.2, -0.15) is 0 Å². The van der Waals surface area contributed by atoms with Crippen molar-refractivity contribution in [2.24, 2.45) is 4.99 Å². The molecule has 1 heterocycles. The summed E-state index contributed by atoms with van der Waals surface area (Å²) in [5.41, 5.74) is 0.717. The second-order valence-electron chi connectivity index (χ2n) is 7.41. The first kappa shape index (κ1) is 22.1. The van der Waals surface area contributed by atoms with Gasteiger partial charge in [-0.05, 0) is 23.8 Å². The number of ether oxygens (including phenoxy) is 1. The minimum absolute atomic E-state index is 0.188. The van der Waals surface area contributed by atoms with E-state index in [1.807, 2.05) is 42.5 Å². The maximum atomic E-state index is 12.6. The molecule has 0 unspecified atom stereocenters. The largest absolute Gasteiger partial charge is 0.490 e. The molecule has 1 fully saturated rings. The molecule has 0 aromatic heterocycles. The van der Waals surface area contributed by atoms with Crippen molar-refractivity contribution in [3.05, 3.63) is 60.2 Å². The van der Waals surface area contributed by atoms with E-state index in [2.05, 4.69) is 15.2 Å². The van der Waals surface area contributed by atoms with Gasteiger partial charge < -0.3 is 15.0 Å². The summed E-state index contributed by atoms with van der Waals surface area (Å²) < 4.78 is 32.5. The molecule has 2 aromatic carbocycles. The van der Waals surface area contributed by atoms with Crippen LogP contribution < -0.4 is 10.1 Å². The van der Waals surface area contributed by atoms with E-state index in [1.54, 1.807) is 33.3 Å². The highest BCUT2D eigenvalue weighted by Crippen LogP contribution is 2.20. The van der Waals surface area contributed by atoms with E-state index >= 15 is 0 Å². The number of piperidine rings is 1. The fourth-order valence-corrected chi connectivity index (χ4v) is 4.60. The van der Waals surface area contributed by atoms with Crippen LogP contribution in [-0.2, 0) is 16.6 Å². The van der Waals surface area contributed by atoms with Crippen molar-refractivity contribution in [3.8, 4) is 5.75 Å². The Morgan fingerprint density at radius 2 is 1.73 bits per heavy atom. The molecule has 30 heavy (non-hydrogen) atoms. The van der Waals surface area contributed by atoms with Crippen molar-refractivity contribution >= 4 is 16.0 Å². The molecule has 2 aromatic rings. The summed E-state index contributed by atoms with van der Waals surface area (Å²) in [5, 5.41) is 3.32. The molecule has 0 bridgehead atoms. The van der Waals surface area contributed by atoms with Crippen molar-refractivity contribution < 1.29 is 13.2 Å². The Bertz CT molecular complexity index is 953. The lowest BCUT2D eigenvalue weighted by Gasteiger charge is -2.34. The normalized spacial score (nSPS) is 16.0. The monoisotopic (exact) mass is 430 g/mol. The third-order valence-corrected chi connectivity index (χ3v) is 7.08. The van der Waals surface area contributed by atoms with E-state index in [4.69, 9.17) is 4.74 Å². The average molecular weight is 431 g/mol. The number of guanidine groups is 1. The van der Waals surface area contributed by atoms with Crippen LogP contribution in [0.15, 0.2) is 64.5 Å². The van der Waals surface area contributed by atoms with Crippen LogP contribution in [0.25, 0.3) is 0 Å². The number of aliphatic imine (C=N–C) groups is 1. The molecule has 1 aliphatic rings. The topological polar surface area (TPSA) is 74.2 Å². The fourth-order valence-electron chi connectivity index (χ4n) is 3.48. The molecule has 3 rings (SSSR count). The van der Waals surface area contributed by atoms with Crippen molar-refractivity contribution in [1.29, 1.82) is 0 Å². The van der Waals surface area contributed by atoms with Gasteiger partial charge in [0.1, 0.15) is 11.9 Å². The standard InChI is InChI=1S/C22H30N4O3S/c1-23-22(24-17-18-9-7-8-12-21(18)30(27,28)25(2)3)26-15-13-20(14-16-26)29-19-10-5-4-6-11-19/h4-12,20H,13-17H2,1-3H3,(H,23,24). The first-order chi connectivity index (χ1) is 14.4. The highest BCUT2D eigenvalue weighted by molar-refractivity contribution is 7.89. The number of benzene rings is 2. The molecule has 0 spiro atoms. The number of para-hydroxylation sites is 1. The first-order valence-electron chi connectivity index (χ1n) is 10.1. The van der Waals surface area contributed by atoms with E-state index < -0.39 is 10.0 Å². The Morgan fingerprint density at radius 3 is 2.37 bits per heavy atom. The zero-order valence-electron chi connectivity index (χ0n) is 17.8. The Kier molecular flexibility index (Phi) is 7.33. The van der Waals surface area contributed by atoms with Crippen molar-refractivity contribution in [1.82, 2.24) is 14.5 Å². The predicted octanol–water partition coefficient (Wildman–Crippen LogP) is 2.56. The number of rotatable bonds is 6. The van der Waals surface area contributed by atoms with Gasteiger partial charge in [-0.15, -0.1) is 0 Å². The third kappa shape index (κ3) is 5.31. The lowest BCUT2D eigenvalue weighted by atomic mass is 10.1. The van der Waals surface area contributed by atoms with Gasteiger partial charge >= 0.3 is 0 Å². The molecule has 0 amide bonds. The Balaban J connectivity index is 1.59. The highest BCUT2D eigenvalue weighted by Gasteiger charge is 2.24. The fraction of sp³-hybridized carbons (Fsp3) is 0.409. The predicted molar refractivity (Wildman–Crippen MR) is 119 cm³/mol. The third-order valence-electron chi connectivity index (χ3n) is 5.17. The summed E-state index contributed by atoms with van der Waals surface area (Å²) in [6, 6.07) is 16.9. The number of sulfonamides is 1. The Labute approximate surface area is 179 Å². The van der Waals surface area contributed by atoms with Gasteiger partial charge in [-0.1, -0.05) is 36.4 Å². The Morgan fingerprint density at radius 1 is 1.10 bits per heavy atom. The van der Waals surface area contributed by atoms with Crippen molar-refractivity contribution in [2.75, 3.05) is 34.2 Å². The summed E-state index contributed by atoms with van der Waals surface area (Å²) in [7, 11) is 1.33. The van der Waals surface area contributed by atoms with Crippen LogP contribution in [0.1, 0.15) is 18.4 Å². The number of hydrogen-bond donors (Lipinski definition) is 1. The van der Waals surface area contributed by atoms with Crippen LogP contribution in [0.3, 0.4) is 0 Å². The Hall–Kier alpha value is -2.58. The van der Waals surface area contributed by atoms with Gasteiger partial charge in [0.25, 0.3) is 0 Å². The van der Waals surface area contributed by atoms with Gasteiger partial charge in [0, 0.05) is 53.6 Å². The SMILES string of the molecule is CN=C(NCc1ccccc1S(=O)(=O)N(C)C)N1CCC(Oc2ccccc2)CC1. The van der Waals surface area contributed by atoms with E-state index in [1.165, 1.54) is 4.31 Å². The highest BCUT2D eigenvalue weighted by atomic mass is 32.2. The van der Waals surface area contributed by atoms with E-state index in [0.29, 0.717) is 11.4 Å². The van der Waals surface area contributed by atoms with E-state index in [-0.39, 0.29) is 6.10 Å². The zero-order chi connectivity index (χ0) is 21.6. The zero-order valence-corrected chi connectivity index (χ0v) is 18.6. The number of nitrogens with zero attached hydrogens (tertiary/aromatic N) is 3. The smallest absolute Gasteiger partial charge is 0.242 e. The minimum atomic E-state index is -3.50. The lowest BCUT2D eigenvalue weighted by molar-refractivity contribution is 0.129. The molecule has 0 saturated carbocycles. The van der Waals surface area contributed by atoms with Gasteiger partial charge in [0.05, 0.1) is 4.90 Å². The summed E-state index contributed by atoms with van der Waals surface area (Å²) in [6.07, 6.45) is 2.00. The van der Waals surface area contributed by atoms with E-state index in [0.717, 1.165) is 43.2 Å². The van der Waals surface area contributed by atoms with Crippen molar-refractivity contribution in [3.63, 3.8) is 0 Å². The molecule has 162 valence electrons. The number of nitrogens with one attached hydrogen (secondary N) is 1. The molecule has 0 aliphatic carbocycles. The molecule has 8 heteroatoms. The van der Waals surface area contributed by atoms with Crippen LogP contribution in [0.4, 0.5) is 0 Å². The summed E-state index contributed by atoms with van der Waals surface area (Å²) in [6.45, 7) is 2.04. The van der Waals surface area contributed by atoms with Gasteiger partial charge in [-0.3, -0.25) is 4.99 Å². The van der Waals surface area contributed by atoms with Crippen LogP contribution in [0, 0.1) is 0 Å². The molecule has 1 saturated heterocycles. The molecule has 1 N–H and O–H groups in total. The molecule has 0 radical (unpaired) electrons. The number of likely N-dealkylation sites (tertiary alicyclic amines) is 1. The lowest BCUT2D eigenvalue weighted by Crippen LogP contribution is -2.47. The second kappa shape index (κ2) is 9.95. The van der Waals surface area contributed by atoms with Gasteiger partial charge in [0.15, 0.2) is 5.96 Å². The van der Waals surface area contributed by atoms with E-state index in [9.17, 15) is 8.42 Å². The van der Waals surface area contributed by atoms with Crippen LogP contribution in [0.2, 0.25) is 0 Å². The molecule has 7 nitrogen and oxygen atoms in total. The molecule has 1 aliphatic heterocycles. The van der Waals surface area contributed by atoms with Gasteiger partial charge in [0.2, 0.25) is 10.0 Å². The summed E-state index contributed by atoms with van der Waals surface area (Å²) in [4.78, 5) is 6.89. The quantitative estimate of drug-likeness (QED) is 0.563. The van der Waals surface area contributed by atoms with Crippen LogP contribution in [0.5, 0.6) is 5.75 Å². The maximum absolute atomic E-state index is 12.6. The average Bonchev–Trinajstić information content (AvgIpc) is 2.76.